The Morgan fingerprint density at radius 1 is 1.16 bits per heavy atom. The molecular formula is C25H23NO6. The first-order valence-corrected chi connectivity index (χ1v) is 9.96. The molecule has 0 radical (unpaired) electrons. The number of hydrogen-bond acceptors (Lipinski definition) is 6. The number of aryl methyl sites for hydroxylation is 1. The van der Waals surface area contributed by atoms with Crippen LogP contribution in [0, 0.1) is 12.8 Å². The fourth-order valence-electron chi connectivity index (χ4n) is 3.30. The zero-order chi connectivity index (χ0) is 23.3. The van der Waals surface area contributed by atoms with Gasteiger partial charge in [0.2, 0.25) is 5.88 Å². The second kappa shape index (κ2) is 9.87. The number of ether oxygens (including phenoxy) is 2. The first-order chi connectivity index (χ1) is 15.3. The van der Waals surface area contributed by atoms with Crippen LogP contribution in [0.1, 0.15) is 38.8 Å². The molecule has 1 N–H and O–H groups in total. The van der Waals surface area contributed by atoms with E-state index in [9.17, 15) is 14.4 Å². The molecule has 0 amide bonds. The summed E-state index contributed by atoms with van der Waals surface area (Å²) in [5, 5.41) is 9.09. The second-order valence-electron chi connectivity index (χ2n) is 7.44. The van der Waals surface area contributed by atoms with E-state index in [1.54, 1.807) is 62.4 Å². The zero-order valence-corrected chi connectivity index (χ0v) is 18.0. The smallest absolute Gasteiger partial charge is 0.343 e. The summed E-state index contributed by atoms with van der Waals surface area (Å²) in [5.41, 5.74) is 3.63. The van der Waals surface area contributed by atoms with Crippen molar-refractivity contribution in [3.63, 3.8) is 0 Å². The molecule has 7 nitrogen and oxygen atoms in total. The molecular weight excluding hydrogens is 410 g/mol. The highest BCUT2D eigenvalue weighted by Gasteiger charge is 2.16. The molecule has 0 bridgehead atoms. The molecule has 1 heterocycles. The molecule has 32 heavy (non-hydrogen) atoms. The minimum Gasteiger partial charge on any atom is -0.481 e. The van der Waals surface area contributed by atoms with Crippen LogP contribution in [0.15, 0.2) is 54.7 Å². The summed E-state index contributed by atoms with van der Waals surface area (Å²) in [6.45, 7) is 3.41. The highest BCUT2D eigenvalue weighted by atomic mass is 16.5. The minimum atomic E-state index is -0.882. The summed E-state index contributed by atoms with van der Waals surface area (Å²) in [7, 11) is 1.49. The number of esters is 1. The fraction of sp³-hybridized carbons (Fsp3) is 0.200. The van der Waals surface area contributed by atoms with Gasteiger partial charge in [-0.05, 0) is 53.8 Å². The number of methoxy groups -OCH3 is 1. The molecule has 0 aliphatic heterocycles. The number of carboxylic acid groups (broad SMARTS) is 1. The highest BCUT2D eigenvalue weighted by Crippen LogP contribution is 2.28. The standard InChI is InChI=1S/C25H23NO6/c1-15-10-18(22-12-23(31-3)26-13-19(22)14-27)7-8-21(15)25(30)32-20-6-4-5-17(11-20)9-16(2)24(28)29/h4-8,10-14,16H,9H2,1-3H3,(H,28,29). The molecule has 2 aromatic carbocycles. The highest BCUT2D eigenvalue weighted by molar-refractivity contribution is 5.94. The number of carbonyl (C=O) groups is 3. The lowest BCUT2D eigenvalue weighted by molar-refractivity contribution is -0.141. The van der Waals surface area contributed by atoms with E-state index in [2.05, 4.69) is 4.98 Å². The fourth-order valence-corrected chi connectivity index (χ4v) is 3.30. The van der Waals surface area contributed by atoms with Gasteiger partial charge >= 0.3 is 11.9 Å². The first kappa shape index (κ1) is 22.7. The van der Waals surface area contributed by atoms with Crippen LogP contribution >= 0.6 is 0 Å². The third-order valence-corrected chi connectivity index (χ3v) is 5.08. The number of carboxylic acids is 1. The Kier molecular flexibility index (Phi) is 7.00. The molecule has 1 unspecified atom stereocenters. The Bertz CT molecular complexity index is 1170. The van der Waals surface area contributed by atoms with Gasteiger partial charge in [0.1, 0.15) is 5.75 Å². The van der Waals surface area contributed by atoms with E-state index in [1.807, 2.05) is 0 Å². The monoisotopic (exact) mass is 433 g/mol. The van der Waals surface area contributed by atoms with Crippen molar-refractivity contribution in [2.45, 2.75) is 20.3 Å². The second-order valence-corrected chi connectivity index (χ2v) is 7.44. The third kappa shape index (κ3) is 5.18. The van der Waals surface area contributed by atoms with Gasteiger partial charge in [-0.1, -0.05) is 31.2 Å². The van der Waals surface area contributed by atoms with Crippen molar-refractivity contribution in [2.24, 2.45) is 5.92 Å². The maximum absolute atomic E-state index is 12.7. The Balaban J connectivity index is 1.82. The van der Waals surface area contributed by atoms with Gasteiger partial charge in [0.15, 0.2) is 6.29 Å². The van der Waals surface area contributed by atoms with Crippen molar-refractivity contribution in [1.82, 2.24) is 4.98 Å². The lowest BCUT2D eigenvalue weighted by Crippen LogP contribution is -2.13. The van der Waals surface area contributed by atoms with E-state index in [4.69, 9.17) is 14.6 Å². The molecule has 7 heteroatoms. The molecule has 0 aliphatic carbocycles. The number of nitrogens with zero attached hydrogens (tertiary/aromatic N) is 1. The number of aromatic nitrogens is 1. The van der Waals surface area contributed by atoms with Crippen LogP contribution in [0.2, 0.25) is 0 Å². The van der Waals surface area contributed by atoms with Crippen molar-refractivity contribution in [2.75, 3.05) is 7.11 Å². The molecule has 0 saturated heterocycles. The SMILES string of the molecule is COc1cc(-c2ccc(C(=O)Oc3cccc(CC(C)C(=O)O)c3)c(C)c2)c(C=O)cn1. The van der Waals surface area contributed by atoms with Crippen LogP contribution in [0.25, 0.3) is 11.1 Å². The number of carbonyl (C=O) groups excluding carboxylic acids is 2. The van der Waals surface area contributed by atoms with Crippen LogP contribution in [0.5, 0.6) is 11.6 Å². The van der Waals surface area contributed by atoms with Crippen LogP contribution < -0.4 is 9.47 Å². The Hall–Kier alpha value is -4.00. The van der Waals surface area contributed by atoms with E-state index in [-0.39, 0.29) is 0 Å². The maximum atomic E-state index is 12.7. The van der Waals surface area contributed by atoms with Crippen molar-refractivity contribution in [1.29, 1.82) is 0 Å². The number of pyridine rings is 1. The van der Waals surface area contributed by atoms with Gasteiger partial charge in [0.25, 0.3) is 0 Å². The van der Waals surface area contributed by atoms with E-state index >= 15 is 0 Å². The Morgan fingerprint density at radius 3 is 2.59 bits per heavy atom. The summed E-state index contributed by atoms with van der Waals surface area (Å²) in [6.07, 6.45) is 2.50. The van der Waals surface area contributed by atoms with Crippen LogP contribution in [-0.4, -0.2) is 35.4 Å². The maximum Gasteiger partial charge on any atom is 0.343 e. The average molecular weight is 433 g/mol. The number of rotatable bonds is 8. The summed E-state index contributed by atoms with van der Waals surface area (Å²) >= 11 is 0. The lowest BCUT2D eigenvalue weighted by Gasteiger charge is -2.12. The van der Waals surface area contributed by atoms with E-state index in [1.165, 1.54) is 13.3 Å². The van der Waals surface area contributed by atoms with Crippen molar-refractivity contribution in [3.05, 3.63) is 77.0 Å². The molecule has 164 valence electrons. The summed E-state index contributed by atoms with van der Waals surface area (Å²) < 4.78 is 10.7. The Morgan fingerprint density at radius 2 is 1.94 bits per heavy atom. The van der Waals surface area contributed by atoms with Crippen LogP contribution in [0.3, 0.4) is 0 Å². The van der Waals surface area contributed by atoms with Gasteiger partial charge in [-0.2, -0.15) is 0 Å². The lowest BCUT2D eigenvalue weighted by atomic mass is 9.97. The molecule has 0 spiro atoms. The minimum absolute atomic E-state index is 0.336. The quantitative estimate of drug-likeness (QED) is 0.320. The van der Waals surface area contributed by atoms with Crippen molar-refractivity contribution < 1.29 is 29.0 Å². The molecule has 1 atom stereocenters. The molecule has 1 aromatic heterocycles. The zero-order valence-electron chi connectivity index (χ0n) is 18.0. The van der Waals surface area contributed by atoms with E-state index < -0.39 is 17.9 Å². The average Bonchev–Trinajstić information content (AvgIpc) is 2.78. The van der Waals surface area contributed by atoms with Gasteiger partial charge in [-0.3, -0.25) is 9.59 Å². The van der Waals surface area contributed by atoms with Crippen LogP contribution in [0.4, 0.5) is 0 Å². The number of aldehydes is 1. The molecule has 0 aliphatic rings. The molecule has 3 rings (SSSR count). The summed E-state index contributed by atoms with van der Waals surface area (Å²) in [4.78, 5) is 39.3. The van der Waals surface area contributed by atoms with Gasteiger partial charge < -0.3 is 14.6 Å². The van der Waals surface area contributed by atoms with Crippen molar-refractivity contribution in [3.8, 4) is 22.8 Å². The number of aliphatic carboxylic acids is 1. The number of benzene rings is 2. The molecule has 0 fully saturated rings. The van der Waals surface area contributed by atoms with Crippen molar-refractivity contribution >= 4 is 18.2 Å². The largest absolute Gasteiger partial charge is 0.481 e. The first-order valence-electron chi connectivity index (χ1n) is 9.96. The predicted molar refractivity (Wildman–Crippen MR) is 118 cm³/mol. The Labute approximate surface area is 185 Å². The van der Waals surface area contributed by atoms with Gasteiger partial charge in [-0.25, -0.2) is 9.78 Å². The van der Waals surface area contributed by atoms with Gasteiger partial charge in [0.05, 0.1) is 18.6 Å². The van der Waals surface area contributed by atoms with Gasteiger partial charge in [-0.15, -0.1) is 0 Å². The summed E-state index contributed by atoms with van der Waals surface area (Å²) in [5.74, 6) is -1.23. The molecule has 3 aromatic rings. The number of hydrogen-bond donors (Lipinski definition) is 1. The van der Waals surface area contributed by atoms with E-state index in [0.29, 0.717) is 40.3 Å². The van der Waals surface area contributed by atoms with E-state index in [0.717, 1.165) is 17.4 Å². The normalized spacial score (nSPS) is 11.5. The topological polar surface area (TPSA) is 103 Å². The van der Waals surface area contributed by atoms with Crippen LogP contribution in [-0.2, 0) is 11.2 Å². The summed E-state index contributed by atoms with van der Waals surface area (Å²) in [6, 6.07) is 13.7. The molecule has 0 saturated carbocycles. The third-order valence-electron chi connectivity index (χ3n) is 5.08. The predicted octanol–water partition coefficient (Wildman–Crippen LogP) is 4.36. The van der Waals surface area contributed by atoms with Gasteiger partial charge in [0, 0.05) is 17.8 Å².